The first-order valence-corrected chi connectivity index (χ1v) is 5.76. The van der Waals surface area contributed by atoms with Gasteiger partial charge in [0.2, 0.25) is 0 Å². The minimum atomic E-state index is -1.56. The van der Waals surface area contributed by atoms with Gasteiger partial charge in [0.05, 0.1) is 17.2 Å². The molecule has 0 unspecified atom stereocenters. The third-order valence-corrected chi connectivity index (χ3v) is 2.64. The molecule has 9 heteroatoms. The fraction of sp³-hybridized carbons (Fsp3) is 0.182. The van der Waals surface area contributed by atoms with E-state index in [-0.39, 0.29) is 6.61 Å². The second-order valence-corrected chi connectivity index (χ2v) is 3.99. The molecule has 0 spiro atoms. The van der Waals surface area contributed by atoms with E-state index in [0.29, 0.717) is 6.07 Å². The number of hydrogen-bond acceptors (Lipinski definition) is 4. The van der Waals surface area contributed by atoms with Gasteiger partial charge in [0.25, 0.3) is 0 Å². The fourth-order valence-electron chi connectivity index (χ4n) is 1.53. The first-order valence-electron chi connectivity index (χ1n) is 5.38. The molecule has 0 saturated carbocycles. The zero-order valence-corrected chi connectivity index (χ0v) is 10.8. The van der Waals surface area contributed by atoms with Crippen LogP contribution in [0.5, 0.6) is 0 Å². The predicted octanol–water partition coefficient (Wildman–Crippen LogP) is 2.72. The Morgan fingerprint density at radius 1 is 1.35 bits per heavy atom. The number of aromatic amines is 1. The van der Waals surface area contributed by atoms with E-state index in [2.05, 4.69) is 14.9 Å². The molecular formula is C11H7ClF3N3O2. The molecular weight excluding hydrogens is 299 g/mol. The highest BCUT2D eigenvalue weighted by atomic mass is 35.5. The molecule has 0 aliphatic carbocycles. The molecule has 1 heterocycles. The standard InChI is InChI=1S/C11H7ClF3N3O2/c1-2-20-11(19)10-9(16-18-17-10)6-5(13)3-4(12)7(14)8(6)15/h3H,2H2,1H3,(H,16,17,18). The molecule has 2 aromatic rings. The molecule has 1 N–H and O–H groups in total. The topological polar surface area (TPSA) is 67.9 Å². The largest absolute Gasteiger partial charge is 0.461 e. The monoisotopic (exact) mass is 305 g/mol. The first-order chi connectivity index (χ1) is 9.47. The molecule has 0 fully saturated rings. The number of ether oxygens (including phenoxy) is 1. The Labute approximate surface area is 115 Å². The zero-order valence-electron chi connectivity index (χ0n) is 10.0. The van der Waals surface area contributed by atoms with E-state index in [9.17, 15) is 18.0 Å². The number of H-pyrrole nitrogens is 1. The molecule has 20 heavy (non-hydrogen) atoms. The molecule has 0 saturated heterocycles. The van der Waals surface area contributed by atoms with Gasteiger partial charge < -0.3 is 4.74 Å². The van der Waals surface area contributed by atoms with Crippen LogP contribution in [-0.4, -0.2) is 28.0 Å². The van der Waals surface area contributed by atoms with E-state index in [1.807, 2.05) is 5.21 Å². The molecule has 0 aliphatic rings. The van der Waals surface area contributed by atoms with Crippen LogP contribution in [0.25, 0.3) is 11.3 Å². The molecule has 0 aliphatic heterocycles. The number of benzene rings is 1. The zero-order chi connectivity index (χ0) is 14.9. The van der Waals surface area contributed by atoms with Gasteiger partial charge in [0.1, 0.15) is 11.5 Å². The molecule has 0 amide bonds. The summed E-state index contributed by atoms with van der Waals surface area (Å²) in [5, 5.41) is 8.22. The van der Waals surface area contributed by atoms with Gasteiger partial charge in [-0.1, -0.05) is 11.6 Å². The first kappa shape index (κ1) is 14.3. The van der Waals surface area contributed by atoms with Gasteiger partial charge in [-0.05, 0) is 13.0 Å². The highest BCUT2D eigenvalue weighted by Crippen LogP contribution is 2.31. The number of aromatic nitrogens is 3. The summed E-state index contributed by atoms with van der Waals surface area (Å²) < 4.78 is 45.6. The number of hydrogen-bond donors (Lipinski definition) is 1. The Morgan fingerprint density at radius 3 is 2.70 bits per heavy atom. The SMILES string of the molecule is CCOC(=O)c1n[nH]nc1-c1c(F)cc(Cl)c(F)c1F. The van der Waals surface area contributed by atoms with Crippen LogP contribution in [0, 0.1) is 17.5 Å². The normalized spacial score (nSPS) is 10.7. The van der Waals surface area contributed by atoms with Crippen LogP contribution in [0.4, 0.5) is 13.2 Å². The van der Waals surface area contributed by atoms with Crippen molar-refractivity contribution in [1.82, 2.24) is 15.4 Å². The summed E-state index contributed by atoms with van der Waals surface area (Å²) in [4.78, 5) is 11.6. The van der Waals surface area contributed by atoms with E-state index in [1.165, 1.54) is 0 Å². The van der Waals surface area contributed by atoms with Crippen LogP contribution < -0.4 is 0 Å². The molecule has 1 aromatic carbocycles. The lowest BCUT2D eigenvalue weighted by Crippen LogP contribution is -2.08. The maximum absolute atomic E-state index is 13.8. The molecule has 0 radical (unpaired) electrons. The van der Waals surface area contributed by atoms with E-state index in [1.54, 1.807) is 6.92 Å². The third kappa shape index (κ3) is 2.34. The number of esters is 1. The van der Waals surface area contributed by atoms with Crippen molar-refractivity contribution in [3.63, 3.8) is 0 Å². The van der Waals surface area contributed by atoms with Gasteiger partial charge >= 0.3 is 5.97 Å². The number of rotatable bonds is 3. The molecule has 1 aromatic heterocycles. The maximum atomic E-state index is 13.8. The van der Waals surface area contributed by atoms with Crippen molar-refractivity contribution in [2.75, 3.05) is 6.61 Å². The van der Waals surface area contributed by atoms with E-state index >= 15 is 0 Å². The van der Waals surface area contributed by atoms with Crippen LogP contribution in [0.2, 0.25) is 5.02 Å². The van der Waals surface area contributed by atoms with Gasteiger partial charge in [-0.15, -0.1) is 5.10 Å². The summed E-state index contributed by atoms with van der Waals surface area (Å²) in [6.07, 6.45) is 0. The predicted molar refractivity (Wildman–Crippen MR) is 62.7 cm³/mol. The van der Waals surface area contributed by atoms with Crippen LogP contribution in [0.3, 0.4) is 0 Å². The van der Waals surface area contributed by atoms with E-state index in [4.69, 9.17) is 11.6 Å². The Bertz CT molecular complexity index is 675. The quantitative estimate of drug-likeness (QED) is 0.538. The van der Waals surface area contributed by atoms with E-state index in [0.717, 1.165) is 0 Å². The molecule has 106 valence electrons. The number of carbonyl (C=O) groups is 1. The summed E-state index contributed by atoms with van der Waals surface area (Å²) in [6, 6.07) is 0.582. The summed E-state index contributed by atoms with van der Waals surface area (Å²) >= 11 is 5.31. The molecule has 0 bridgehead atoms. The number of halogens is 4. The minimum absolute atomic E-state index is 0.0328. The fourth-order valence-corrected chi connectivity index (χ4v) is 1.71. The van der Waals surface area contributed by atoms with Crippen LogP contribution in [0.1, 0.15) is 17.4 Å². The van der Waals surface area contributed by atoms with Gasteiger partial charge in [0, 0.05) is 0 Å². The van der Waals surface area contributed by atoms with Crippen molar-refractivity contribution in [2.45, 2.75) is 6.92 Å². The second kappa shape index (κ2) is 5.49. The number of nitrogens with zero attached hydrogens (tertiary/aromatic N) is 2. The van der Waals surface area contributed by atoms with Crippen molar-refractivity contribution < 1.29 is 22.7 Å². The number of carbonyl (C=O) groups excluding carboxylic acids is 1. The average Bonchev–Trinajstić information content (AvgIpc) is 2.85. The average molecular weight is 306 g/mol. The molecule has 0 atom stereocenters. The third-order valence-electron chi connectivity index (χ3n) is 2.37. The van der Waals surface area contributed by atoms with Crippen LogP contribution >= 0.6 is 11.6 Å². The minimum Gasteiger partial charge on any atom is -0.461 e. The lowest BCUT2D eigenvalue weighted by molar-refractivity contribution is 0.0520. The van der Waals surface area contributed by atoms with Gasteiger partial charge in [-0.25, -0.2) is 18.0 Å². The van der Waals surface area contributed by atoms with Gasteiger partial charge in [0.15, 0.2) is 17.3 Å². The van der Waals surface area contributed by atoms with Crippen LogP contribution in [0.15, 0.2) is 6.07 Å². The molecule has 5 nitrogen and oxygen atoms in total. The van der Waals surface area contributed by atoms with Crippen molar-refractivity contribution >= 4 is 17.6 Å². The lowest BCUT2D eigenvalue weighted by Gasteiger charge is -2.06. The van der Waals surface area contributed by atoms with Crippen LogP contribution in [-0.2, 0) is 4.74 Å². The Balaban J connectivity index is 2.62. The Kier molecular flexibility index (Phi) is 3.93. The highest BCUT2D eigenvalue weighted by molar-refractivity contribution is 6.30. The second-order valence-electron chi connectivity index (χ2n) is 3.58. The van der Waals surface area contributed by atoms with Crippen molar-refractivity contribution in [3.05, 3.63) is 34.2 Å². The molecule has 2 rings (SSSR count). The summed E-state index contributed by atoms with van der Waals surface area (Å²) in [5.74, 6) is -5.12. The highest BCUT2D eigenvalue weighted by Gasteiger charge is 2.27. The van der Waals surface area contributed by atoms with Crippen molar-refractivity contribution in [2.24, 2.45) is 0 Å². The summed E-state index contributed by atoms with van der Waals surface area (Å²) in [5.41, 5.74) is -1.79. The van der Waals surface area contributed by atoms with Crippen molar-refractivity contribution in [1.29, 1.82) is 0 Å². The Hall–Kier alpha value is -2.09. The maximum Gasteiger partial charge on any atom is 0.361 e. The van der Waals surface area contributed by atoms with Gasteiger partial charge in [-0.3, -0.25) is 0 Å². The number of nitrogens with one attached hydrogen (secondary N) is 1. The lowest BCUT2D eigenvalue weighted by atomic mass is 10.1. The summed E-state index contributed by atoms with van der Waals surface area (Å²) in [7, 11) is 0. The summed E-state index contributed by atoms with van der Waals surface area (Å²) in [6.45, 7) is 1.58. The Morgan fingerprint density at radius 2 is 2.05 bits per heavy atom. The smallest absolute Gasteiger partial charge is 0.361 e. The van der Waals surface area contributed by atoms with Gasteiger partial charge in [-0.2, -0.15) is 10.3 Å². The van der Waals surface area contributed by atoms with Crippen molar-refractivity contribution in [3.8, 4) is 11.3 Å². The van der Waals surface area contributed by atoms with E-state index < -0.39 is 45.4 Å².